The molecule has 132 valence electrons. The molecule has 1 aromatic carbocycles. The molecule has 4 nitrogen and oxygen atoms in total. The summed E-state index contributed by atoms with van der Waals surface area (Å²) in [5.41, 5.74) is 3.94. The van der Waals surface area contributed by atoms with E-state index in [0.29, 0.717) is 6.04 Å². The fraction of sp³-hybridized carbons (Fsp3) is 0.476. The Morgan fingerprint density at radius 2 is 2.08 bits per heavy atom. The Labute approximate surface area is 149 Å². The van der Waals surface area contributed by atoms with Gasteiger partial charge in [-0.05, 0) is 73.9 Å². The van der Waals surface area contributed by atoms with Crippen LogP contribution in [0.3, 0.4) is 0 Å². The third-order valence-corrected chi connectivity index (χ3v) is 5.06. The van der Waals surface area contributed by atoms with Crippen molar-refractivity contribution >= 4 is 0 Å². The molecule has 25 heavy (non-hydrogen) atoms. The number of hydrogen-bond donors (Lipinski definition) is 1. The summed E-state index contributed by atoms with van der Waals surface area (Å²) in [7, 11) is 0. The van der Waals surface area contributed by atoms with Gasteiger partial charge in [0.2, 0.25) is 0 Å². The normalized spacial score (nSPS) is 19.3. The highest BCUT2D eigenvalue weighted by atomic mass is 16.5. The van der Waals surface area contributed by atoms with E-state index in [4.69, 9.17) is 9.47 Å². The first-order valence-corrected chi connectivity index (χ1v) is 9.41. The van der Waals surface area contributed by atoms with Gasteiger partial charge in [0.05, 0.1) is 12.8 Å². The van der Waals surface area contributed by atoms with Crippen molar-refractivity contribution in [3.8, 4) is 11.5 Å². The molecular formula is C21H26N2O2. The van der Waals surface area contributed by atoms with Gasteiger partial charge in [0.15, 0.2) is 0 Å². The maximum Gasteiger partial charge on any atom is 0.137 e. The Balaban J connectivity index is 1.33. The third-order valence-electron chi connectivity index (χ3n) is 5.06. The summed E-state index contributed by atoms with van der Waals surface area (Å²) in [6.45, 7) is 2.69. The summed E-state index contributed by atoms with van der Waals surface area (Å²) in [6.07, 6.45) is 10.5. The molecular weight excluding hydrogens is 312 g/mol. The van der Waals surface area contributed by atoms with Crippen LogP contribution in [0.2, 0.25) is 0 Å². The third kappa shape index (κ3) is 4.31. The number of benzene rings is 1. The zero-order valence-electron chi connectivity index (χ0n) is 14.7. The molecule has 2 aromatic rings. The van der Waals surface area contributed by atoms with Gasteiger partial charge in [0.25, 0.3) is 0 Å². The highest BCUT2D eigenvalue weighted by Gasteiger charge is 2.14. The van der Waals surface area contributed by atoms with E-state index in [2.05, 4.69) is 34.6 Å². The van der Waals surface area contributed by atoms with E-state index < -0.39 is 0 Å². The first kappa shape index (κ1) is 16.4. The van der Waals surface area contributed by atoms with Crippen molar-refractivity contribution in [3.63, 3.8) is 0 Å². The molecule has 1 fully saturated rings. The van der Waals surface area contributed by atoms with Crippen molar-refractivity contribution in [2.75, 3.05) is 19.8 Å². The van der Waals surface area contributed by atoms with Gasteiger partial charge in [-0.25, -0.2) is 0 Å². The van der Waals surface area contributed by atoms with Crippen LogP contribution >= 0.6 is 0 Å². The van der Waals surface area contributed by atoms with Crippen LogP contribution < -0.4 is 14.8 Å². The molecule has 2 aliphatic heterocycles. The minimum atomic E-state index is 0.487. The van der Waals surface area contributed by atoms with E-state index in [1.54, 1.807) is 0 Å². The molecule has 0 amide bonds. The summed E-state index contributed by atoms with van der Waals surface area (Å²) in [6, 6.07) is 9.22. The maximum atomic E-state index is 5.92. The van der Waals surface area contributed by atoms with E-state index in [-0.39, 0.29) is 0 Å². The van der Waals surface area contributed by atoms with Crippen molar-refractivity contribution < 1.29 is 9.47 Å². The highest BCUT2D eigenvalue weighted by Crippen LogP contribution is 2.26. The molecule has 0 radical (unpaired) electrons. The van der Waals surface area contributed by atoms with Gasteiger partial charge in [-0.3, -0.25) is 4.98 Å². The van der Waals surface area contributed by atoms with Gasteiger partial charge >= 0.3 is 0 Å². The molecule has 0 saturated carbocycles. The zero-order valence-corrected chi connectivity index (χ0v) is 14.7. The smallest absolute Gasteiger partial charge is 0.137 e. The summed E-state index contributed by atoms with van der Waals surface area (Å²) < 4.78 is 11.6. The Hall–Kier alpha value is -2.07. The second kappa shape index (κ2) is 7.87. The molecule has 0 bridgehead atoms. The average molecular weight is 338 g/mol. The molecule has 1 unspecified atom stereocenters. The SMILES string of the molecule is c1cc2c(cc1CCc1cncc(OCC3CCCN3)c1)CCCO2. The predicted molar refractivity (Wildman–Crippen MR) is 98.4 cm³/mol. The number of fused-ring (bicyclic) bond motifs is 1. The van der Waals surface area contributed by atoms with Gasteiger partial charge in [-0.2, -0.15) is 0 Å². The molecule has 0 spiro atoms. The van der Waals surface area contributed by atoms with Crippen LogP contribution in [0.25, 0.3) is 0 Å². The number of ether oxygens (including phenoxy) is 2. The van der Waals surface area contributed by atoms with Crippen LogP contribution in [-0.4, -0.2) is 30.8 Å². The highest BCUT2D eigenvalue weighted by molar-refractivity contribution is 5.39. The molecule has 2 aliphatic rings. The van der Waals surface area contributed by atoms with Crippen molar-refractivity contribution in [2.45, 2.75) is 44.6 Å². The van der Waals surface area contributed by atoms with Gasteiger partial charge in [0, 0.05) is 12.2 Å². The fourth-order valence-corrected chi connectivity index (χ4v) is 3.63. The van der Waals surface area contributed by atoms with Crippen LogP contribution in [0.15, 0.2) is 36.7 Å². The molecule has 1 saturated heterocycles. The van der Waals surface area contributed by atoms with E-state index in [9.17, 15) is 0 Å². The first-order valence-electron chi connectivity index (χ1n) is 9.41. The molecule has 4 heteroatoms. The van der Waals surface area contributed by atoms with Gasteiger partial charge in [-0.1, -0.05) is 12.1 Å². The second-order valence-electron chi connectivity index (χ2n) is 7.03. The Morgan fingerprint density at radius 3 is 3.00 bits per heavy atom. The minimum Gasteiger partial charge on any atom is -0.493 e. The number of aryl methyl sites for hydroxylation is 3. The fourth-order valence-electron chi connectivity index (χ4n) is 3.63. The number of nitrogens with one attached hydrogen (secondary N) is 1. The van der Waals surface area contributed by atoms with E-state index in [0.717, 1.165) is 56.9 Å². The Bertz CT molecular complexity index is 711. The van der Waals surface area contributed by atoms with Crippen molar-refractivity contribution in [1.29, 1.82) is 0 Å². The van der Waals surface area contributed by atoms with Crippen molar-refractivity contribution in [1.82, 2.24) is 10.3 Å². The number of hydrogen-bond acceptors (Lipinski definition) is 4. The number of aromatic nitrogens is 1. The number of nitrogens with zero attached hydrogens (tertiary/aromatic N) is 1. The second-order valence-corrected chi connectivity index (χ2v) is 7.03. The first-order chi connectivity index (χ1) is 12.4. The number of rotatable bonds is 6. The van der Waals surface area contributed by atoms with Crippen LogP contribution in [0.1, 0.15) is 36.0 Å². The molecule has 1 atom stereocenters. The lowest BCUT2D eigenvalue weighted by atomic mass is 9.99. The van der Waals surface area contributed by atoms with E-state index >= 15 is 0 Å². The standard InChI is InChI=1S/C21H26N2O2/c1-4-19(23-9-1)15-25-20-12-17(13-22-14-20)6-5-16-7-8-21-18(11-16)3-2-10-24-21/h7-8,11-14,19,23H,1-6,9-10,15H2. The number of pyridine rings is 1. The van der Waals surface area contributed by atoms with Gasteiger partial charge in [0.1, 0.15) is 18.1 Å². The van der Waals surface area contributed by atoms with Crippen LogP contribution in [0.5, 0.6) is 11.5 Å². The minimum absolute atomic E-state index is 0.487. The van der Waals surface area contributed by atoms with Crippen molar-refractivity contribution in [3.05, 3.63) is 53.3 Å². The molecule has 1 aromatic heterocycles. The Kier molecular flexibility index (Phi) is 5.17. The van der Waals surface area contributed by atoms with E-state index in [1.807, 2.05) is 12.4 Å². The molecule has 4 rings (SSSR count). The summed E-state index contributed by atoms with van der Waals surface area (Å²) in [4.78, 5) is 4.35. The molecule has 3 heterocycles. The summed E-state index contributed by atoms with van der Waals surface area (Å²) >= 11 is 0. The largest absolute Gasteiger partial charge is 0.493 e. The topological polar surface area (TPSA) is 43.4 Å². The monoisotopic (exact) mass is 338 g/mol. The zero-order chi connectivity index (χ0) is 16.9. The lowest BCUT2D eigenvalue weighted by molar-refractivity contribution is 0.276. The molecule has 1 N–H and O–H groups in total. The van der Waals surface area contributed by atoms with Crippen LogP contribution in [-0.2, 0) is 19.3 Å². The molecule has 0 aliphatic carbocycles. The van der Waals surface area contributed by atoms with Crippen molar-refractivity contribution in [2.24, 2.45) is 0 Å². The average Bonchev–Trinajstić information content (AvgIpc) is 3.19. The van der Waals surface area contributed by atoms with Gasteiger partial charge < -0.3 is 14.8 Å². The van der Waals surface area contributed by atoms with E-state index in [1.165, 1.54) is 29.5 Å². The lowest BCUT2D eigenvalue weighted by Gasteiger charge is -2.18. The van der Waals surface area contributed by atoms with Crippen LogP contribution in [0.4, 0.5) is 0 Å². The lowest BCUT2D eigenvalue weighted by Crippen LogP contribution is -2.28. The summed E-state index contributed by atoms with van der Waals surface area (Å²) in [5, 5.41) is 3.46. The summed E-state index contributed by atoms with van der Waals surface area (Å²) in [5.74, 6) is 1.94. The maximum absolute atomic E-state index is 5.92. The van der Waals surface area contributed by atoms with Gasteiger partial charge in [-0.15, -0.1) is 0 Å². The Morgan fingerprint density at radius 1 is 1.12 bits per heavy atom. The van der Waals surface area contributed by atoms with Crippen LogP contribution in [0, 0.1) is 0 Å². The predicted octanol–water partition coefficient (Wildman–Crippen LogP) is 3.32. The quantitative estimate of drug-likeness (QED) is 0.877.